The maximum absolute atomic E-state index is 10.3. The van der Waals surface area contributed by atoms with Crippen molar-refractivity contribution in [3.63, 3.8) is 0 Å². The van der Waals surface area contributed by atoms with Crippen molar-refractivity contribution >= 4 is 27.3 Å². The Hall–Kier alpha value is -0.750. The van der Waals surface area contributed by atoms with Crippen molar-refractivity contribution in [3.8, 4) is 0 Å². The van der Waals surface area contributed by atoms with Gasteiger partial charge in [-0.05, 0) is 45.1 Å². The standard InChI is InChI=1S/C12H13BrN2OS/c13-11-5-8(7-17-11)12(16)9(6-14)10-3-1-2-4-15-10/h1-5,7,9,12,16H,6,14H2. The Balaban J connectivity index is 2.25. The molecule has 3 nitrogen and oxygen atoms in total. The minimum absolute atomic E-state index is 0.169. The van der Waals surface area contributed by atoms with Gasteiger partial charge in [-0.1, -0.05) is 6.07 Å². The summed E-state index contributed by atoms with van der Waals surface area (Å²) in [7, 11) is 0. The fourth-order valence-electron chi connectivity index (χ4n) is 1.72. The number of hydrogen-bond acceptors (Lipinski definition) is 4. The summed E-state index contributed by atoms with van der Waals surface area (Å²) in [5.74, 6) is -0.169. The van der Waals surface area contributed by atoms with E-state index in [1.165, 1.54) is 0 Å². The molecular formula is C12H13BrN2OS. The summed E-state index contributed by atoms with van der Waals surface area (Å²) in [4.78, 5) is 4.25. The molecule has 90 valence electrons. The number of pyridine rings is 1. The van der Waals surface area contributed by atoms with E-state index in [0.29, 0.717) is 6.54 Å². The number of rotatable bonds is 4. The molecule has 0 saturated heterocycles. The Morgan fingerprint density at radius 2 is 2.29 bits per heavy atom. The number of halogens is 1. The van der Waals surface area contributed by atoms with Crippen molar-refractivity contribution in [1.29, 1.82) is 0 Å². The molecule has 3 N–H and O–H groups in total. The van der Waals surface area contributed by atoms with Crippen LogP contribution >= 0.6 is 27.3 Å². The normalized spacial score (nSPS) is 14.5. The molecule has 2 aromatic heterocycles. The Kier molecular flexibility index (Phi) is 4.28. The van der Waals surface area contributed by atoms with E-state index >= 15 is 0 Å². The largest absolute Gasteiger partial charge is 0.388 e. The number of nitrogens with zero attached hydrogens (tertiary/aromatic N) is 1. The van der Waals surface area contributed by atoms with Crippen molar-refractivity contribution < 1.29 is 5.11 Å². The Morgan fingerprint density at radius 3 is 2.82 bits per heavy atom. The first-order valence-electron chi connectivity index (χ1n) is 5.25. The summed E-state index contributed by atoms with van der Waals surface area (Å²) >= 11 is 4.94. The number of aliphatic hydroxyl groups excluding tert-OH is 1. The lowest BCUT2D eigenvalue weighted by atomic mass is 9.94. The average molecular weight is 313 g/mol. The second kappa shape index (κ2) is 5.73. The van der Waals surface area contributed by atoms with Crippen LogP contribution in [0, 0.1) is 0 Å². The zero-order chi connectivity index (χ0) is 12.3. The van der Waals surface area contributed by atoms with Crippen molar-refractivity contribution in [2.24, 2.45) is 5.73 Å². The van der Waals surface area contributed by atoms with E-state index in [9.17, 15) is 5.11 Å². The maximum atomic E-state index is 10.3. The molecule has 0 aliphatic rings. The van der Waals surface area contributed by atoms with Gasteiger partial charge in [0.1, 0.15) is 0 Å². The summed E-state index contributed by atoms with van der Waals surface area (Å²) in [6.45, 7) is 0.367. The molecule has 2 rings (SSSR count). The molecule has 2 aromatic rings. The van der Waals surface area contributed by atoms with E-state index in [2.05, 4.69) is 20.9 Å². The first-order chi connectivity index (χ1) is 8.22. The highest BCUT2D eigenvalue weighted by Gasteiger charge is 2.23. The topological polar surface area (TPSA) is 59.1 Å². The van der Waals surface area contributed by atoms with Gasteiger partial charge in [-0.25, -0.2) is 0 Å². The highest BCUT2D eigenvalue weighted by atomic mass is 79.9. The van der Waals surface area contributed by atoms with Gasteiger partial charge in [0.25, 0.3) is 0 Å². The Bertz CT molecular complexity index is 474. The van der Waals surface area contributed by atoms with E-state index in [-0.39, 0.29) is 5.92 Å². The van der Waals surface area contributed by atoms with Gasteiger partial charge in [-0.15, -0.1) is 11.3 Å². The molecule has 0 radical (unpaired) electrons. The van der Waals surface area contributed by atoms with E-state index in [0.717, 1.165) is 15.0 Å². The molecule has 0 spiro atoms. The molecular weight excluding hydrogens is 300 g/mol. The summed E-state index contributed by atoms with van der Waals surface area (Å²) in [6, 6.07) is 7.56. The van der Waals surface area contributed by atoms with Crippen LogP contribution in [-0.2, 0) is 0 Å². The lowest BCUT2D eigenvalue weighted by Crippen LogP contribution is -2.20. The number of nitrogens with two attached hydrogens (primary N) is 1. The van der Waals surface area contributed by atoms with Crippen LogP contribution in [0.1, 0.15) is 23.3 Å². The third-order valence-electron chi connectivity index (χ3n) is 2.63. The molecule has 0 aromatic carbocycles. The quantitative estimate of drug-likeness (QED) is 0.912. The van der Waals surface area contributed by atoms with Crippen molar-refractivity contribution in [2.45, 2.75) is 12.0 Å². The molecule has 0 aliphatic heterocycles. The average Bonchev–Trinajstić information content (AvgIpc) is 2.78. The molecule has 17 heavy (non-hydrogen) atoms. The lowest BCUT2D eigenvalue weighted by molar-refractivity contribution is 0.146. The fraction of sp³-hybridized carbons (Fsp3) is 0.250. The predicted octanol–water partition coefficient (Wildman–Crippen LogP) is 2.68. The number of aliphatic hydroxyl groups is 1. The van der Waals surface area contributed by atoms with Crippen LogP contribution in [0.15, 0.2) is 39.6 Å². The maximum Gasteiger partial charge on any atom is 0.0894 e. The van der Waals surface area contributed by atoms with Crippen molar-refractivity contribution in [1.82, 2.24) is 4.98 Å². The summed E-state index contributed by atoms with van der Waals surface area (Å²) in [6.07, 6.45) is 1.10. The highest BCUT2D eigenvalue weighted by Crippen LogP contribution is 2.33. The van der Waals surface area contributed by atoms with Gasteiger partial charge in [-0.2, -0.15) is 0 Å². The molecule has 0 aliphatic carbocycles. The van der Waals surface area contributed by atoms with Gasteiger partial charge >= 0.3 is 0 Å². The van der Waals surface area contributed by atoms with Gasteiger partial charge in [0.2, 0.25) is 0 Å². The van der Waals surface area contributed by atoms with Crippen LogP contribution in [0.5, 0.6) is 0 Å². The molecule has 2 unspecified atom stereocenters. The van der Waals surface area contributed by atoms with Crippen molar-refractivity contribution in [2.75, 3.05) is 6.54 Å². The lowest BCUT2D eigenvalue weighted by Gasteiger charge is -2.20. The van der Waals surface area contributed by atoms with E-state index in [1.54, 1.807) is 17.5 Å². The van der Waals surface area contributed by atoms with Gasteiger partial charge < -0.3 is 10.8 Å². The summed E-state index contributed by atoms with van der Waals surface area (Å²) in [5.41, 5.74) is 7.44. The van der Waals surface area contributed by atoms with Gasteiger partial charge in [0.05, 0.1) is 9.89 Å². The first-order valence-corrected chi connectivity index (χ1v) is 6.92. The number of aromatic nitrogens is 1. The van der Waals surface area contributed by atoms with Crippen LogP contribution in [0.2, 0.25) is 0 Å². The molecule has 0 amide bonds. The summed E-state index contributed by atoms with van der Waals surface area (Å²) in [5, 5.41) is 12.2. The third kappa shape index (κ3) is 2.93. The number of hydrogen-bond donors (Lipinski definition) is 2. The molecule has 2 atom stereocenters. The molecule has 5 heteroatoms. The number of thiophene rings is 1. The van der Waals surface area contributed by atoms with E-state index < -0.39 is 6.10 Å². The Morgan fingerprint density at radius 1 is 1.47 bits per heavy atom. The zero-order valence-electron chi connectivity index (χ0n) is 9.08. The van der Waals surface area contributed by atoms with Crippen LogP contribution in [-0.4, -0.2) is 16.6 Å². The van der Waals surface area contributed by atoms with Crippen LogP contribution in [0.3, 0.4) is 0 Å². The fourth-order valence-corrected chi connectivity index (χ4v) is 2.92. The predicted molar refractivity (Wildman–Crippen MR) is 73.0 cm³/mol. The second-order valence-electron chi connectivity index (χ2n) is 3.73. The van der Waals surface area contributed by atoms with Crippen LogP contribution < -0.4 is 5.73 Å². The van der Waals surface area contributed by atoms with Gasteiger partial charge in [0.15, 0.2) is 0 Å². The Labute approximate surface area is 112 Å². The van der Waals surface area contributed by atoms with E-state index in [4.69, 9.17) is 5.73 Å². The van der Waals surface area contributed by atoms with E-state index in [1.807, 2.05) is 29.6 Å². The minimum atomic E-state index is -0.613. The van der Waals surface area contributed by atoms with Crippen LogP contribution in [0.4, 0.5) is 0 Å². The second-order valence-corrected chi connectivity index (χ2v) is 6.02. The molecule has 0 saturated carbocycles. The van der Waals surface area contributed by atoms with Gasteiger partial charge in [-0.3, -0.25) is 4.98 Å². The van der Waals surface area contributed by atoms with Crippen LogP contribution in [0.25, 0.3) is 0 Å². The highest BCUT2D eigenvalue weighted by molar-refractivity contribution is 9.11. The van der Waals surface area contributed by atoms with Gasteiger partial charge in [0, 0.05) is 24.4 Å². The van der Waals surface area contributed by atoms with Crippen molar-refractivity contribution in [3.05, 3.63) is 50.9 Å². The molecule has 0 bridgehead atoms. The first kappa shape index (κ1) is 12.7. The zero-order valence-corrected chi connectivity index (χ0v) is 11.5. The molecule has 0 fully saturated rings. The monoisotopic (exact) mass is 312 g/mol. The summed E-state index contributed by atoms with van der Waals surface area (Å²) < 4.78 is 1.00. The smallest absolute Gasteiger partial charge is 0.0894 e. The third-order valence-corrected chi connectivity index (χ3v) is 4.15. The SMILES string of the molecule is NCC(c1ccccn1)C(O)c1csc(Br)c1. The molecule has 2 heterocycles. The minimum Gasteiger partial charge on any atom is -0.388 e.